The molecule has 146 valence electrons. The Morgan fingerprint density at radius 1 is 1.18 bits per heavy atom. The normalized spacial score (nSPS) is 24.6. The molecule has 2 aliphatic heterocycles. The molecule has 6 nitrogen and oxygen atoms in total. The van der Waals surface area contributed by atoms with Gasteiger partial charge in [-0.05, 0) is 24.8 Å². The summed E-state index contributed by atoms with van der Waals surface area (Å²) < 4.78 is 5.06. The second kappa shape index (κ2) is 6.93. The Morgan fingerprint density at radius 2 is 1.89 bits per heavy atom. The third-order valence-electron chi connectivity index (χ3n) is 5.77. The quantitative estimate of drug-likeness (QED) is 0.796. The summed E-state index contributed by atoms with van der Waals surface area (Å²) >= 11 is 0. The molecule has 0 bridgehead atoms. The van der Waals surface area contributed by atoms with E-state index in [9.17, 15) is 14.4 Å². The van der Waals surface area contributed by atoms with Crippen molar-refractivity contribution in [2.24, 2.45) is 5.92 Å². The summed E-state index contributed by atoms with van der Waals surface area (Å²) in [7, 11) is 1.31. The van der Waals surface area contributed by atoms with Crippen LogP contribution in [0.5, 0.6) is 0 Å². The molecular weight excluding hydrogens is 356 g/mol. The number of ketones is 1. The molecule has 28 heavy (non-hydrogen) atoms. The SMILES string of the molecule is COC(=O)C1=C2C(=O)NCCN2C2=C(C(=O)C[C@H](C)C2)[C@H]1c1ccc(C)cc1. The van der Waals surface area contributed by atoms with Crippen molar-refractivity contribution in [3.8, 4) is 0 Å². The second-order valence-corrected chi connectivity index (χ2v) is 7.80. The number of esters is 1. The minimum absolute atomic E-state index is 0.0470. The highest BCUT2D eigenvalue weighted by atomic mass is 16.5. The molecular formula is C22H24N2O4. The van der Waals surface area contributed by atoms with Crippen molar-refractivity contribution >= 4 is 17.7 Å². The number of fused-ring (bicyclic) bond motifs is 2. The van der Waals surface area contributed by atoms with E-state index in [0.717, 1.165) is 16.8 Å². The zero-order valence-corrected chi connectivity index (χ0v) is 16.4. The van der Waals surface area contributed by atoms with E-state index in [1.54, 1.807) is 0 Å². The number of nitrogens with one attached hydrogen (secondary N) is 1. The number of piperazine rings is 1. The van der Waals surface area contributed by atoms with Crippen molar-refractivity contribution in [2.45, 2.75) is 32.6 Å². The first-order valence-corrected chi connectivity index (χ1v) is 9.63. The standard InChI is InChI=1S/C22H24N2O4/c1-12-4-6-14(7-5-12)17-18-15(10-13(2)11-16(18)25)24-9-8-23-21(26)20(24)19(17)22(27)28-3/h4-7,13,17H,8-11H2,1-3H3,(H,23,26)/t13-,17-/m1/s1. The lowest BCUT2D eigenvalue weighted by Gasteiger charge is -2.44. The molecule has 1 amide bonds. The van der Waals surface area contributed by atoms with Gasteiger partial charge in [0.25, 0.3) is 5.91 Å². The maximum Gasteiger partial charge on any atom is 0.337 e. The lowest BCUT2D eigenvalue weighted by atomic mass is 9.72. The van der Waals surface area contributed by atoms with Gasteiger partial charge in [-0.25, -0.2) is 4.79 Å². The third kappa shape index (κ3) is 2.84. The van der Waals surface area contributed by atoms with Gasteiger partial charge in [0, 0.05) is 36.7 Å². The van der Waals surface area contributed by atoms with Crippen molar-refractivity contribution in [1.82, 2.24) is 10.2 Å². The van der Waals surface area contributed by atoms with Gasteiger partial charge in [-0.2, -0.15) is 0 Å². The number of rotatable bonds is 2. The topological polar surface area (TPSA) is 75.7 Å². The Bertz CT molecular complexity index is 926. The number of carbonyl (C=O) groups is 3. The average Bonchev–Trinajstić information content (AvgIpc) is 2.67. The van der Waals surface area contributed by atoms with E-state index in [1.165, 1.54) is 7.11 Å². The Morgan fingerprint density at radius 3 is 2.57 bits per heavy atom. The molecule has 0 aromatic heterocycles. The Hall–Kier alpha value is -2.89. The smallest absolute Gasteiger partial charge is 0.337 e. The van der Waals surface area contributed by atoms with Gasteiger partial charge in [-0.15, -0.1) is 0 Å². The monoisotopic (exact) mass is 380 g/mol. The van der Waals surface area contributed by atoms with E-state index in [1.807, 2.05) is 43.0 Å². The largest absolute Gasteiger partial charge is 0.466 e. The van der Waals surface area contributed by atoms with Gasteiger partial charge in [0.1, 0.15) is 5.70 Å². The first-order valence-electron chi connectivity index (χ1n) is 9.63. The number of ether oxygens (including phenoxy) is 1. The van der Waals surface area contributed by atoms with Gasteiger partial charge < -0.3 is 15.0 Å². The molecule has 0 spiro atoms. The lowest BCUT2D eigenvalue weighted by molar-refractivity contribution is -0.137. The number of aryl methyl sites for hydroxylation is 1. The average molecular weight is 380 g/mol. The highest BCUT2D eigenvalue weighted by Gasteiger charge is 2.46. The van der Waals surface area contributed by atoms with Gasteiger partial charge in [0.15, 0.2) is 5.78 Å². The molecule has 1 aromatic rings. The first-order chi connectivity index (χ1) is 13.4. The van der Waals surface area contributed by atoms with Gasteiger partial charge >= 0.3 is 5.97 Å². The minimum Gasteiger partial charge on any atom is -0.466 e. The highest BCUT2D eigenvalue weighted by molar-refractivity contribution is 6.09. The van der Waals surface area contributed by atoms with E-state index in [4.69, 9.17) is 4.74 Å². The molecule has 1 saturated heterocycles. The molecule has 6 heteroatoms. The number of benzene rings is 1. The summed E-state index contributed by atoms with van der Waals surface area (Å²) in [6, 6.07) is 7.77. The molecule has 1 N–H and O–H groups in total. The van der Waals surface area contributed by atoms with Gasteiger partial charge in [-0.3, -0.25) is 9.59 Å². The van der Waals surface area contributed by atoms with E-state index >= 15 is 0 Å². The number of Topliss-reactive ketones (excluding diaryl/α,β-unsaturated/α-hetero) is 1. The molecule has 1 aliphatic carbocycles. The summed E-state index contributed by atoms with van der Waals surface area (Å²) in [6.45, 7) is 5.05. The summed E-state index contributed by atoms with van der Waals surface area (Å²) in [5.41, 5.74) is 4.01. The number of hydrogen-bond acceptors (Lipinski definition) is 5. The van der Waals surface area contributed by atoms with Crippen LogP contribution in [0.3, 0.4) is 0 Å². The van der Waals surface area contributed by atoms with Crippen molar-refractivity contribution in [3.05, 3.63) is 57.9 Å². The van der Waals surface area contributed by atoms with Crippen LogP contribution in [-0.2, 0) is 19.1 Å². The minimum atomic E-state index is -0.585. The number of hydrogen-bond donors (Lipinski definition) is 1. The molecule has 2 atom stereocenters. The number of amides is 1. The Kier molecular flexibility index (Phi) is 4.57. The number of allylic oxidation sites excluding steroid dienone is 2. The molecule has 0 unspecified atom stereocenters. The Balaban J connectivity index is 2.00. The van der Waals surface area contributed by atoms with E-state index < -0.39 is 11.9 Å². The molecule has 4 rings (SSSR count). The fourth-order valence-electron chi connectivity index (χ4n) is 4.52. The van der Waals surface area contributed by atoms with Gasteiger partial charge in [0.05, 0.1) is 12.7 Å². The van der Waals surface area contributed by atoms with E-state index in [2.05, 4.69) is 5.32 Å². The van der Waals surface area contributed by atoms with Gasteiger partial charge in [-0.1, -0.05) is 36.8 Å². The summed E-state index contributed by atoms with van der Waals surface area (Å²) in [4.78, 5) is 40.7. The molecule has 0 radical (unpaired) electrons. The first kappa shape index (κ1) is 18.5. The van der Waals surface area contributed by atoms with Crippen LogP contribution in [0.1, 0.15) is 36.8 Å². The molecule has 3 aliphatic rings. The van der Waals surface area contributed by atoms with Crippen molar-refractivity contribution in [3.63, 3.8) is 0 Å². The number of methoxy groups -OCH3 is 1. The van der Waals surface area contributed by atoms with Crippen LogP contribution in [0.2, 0.25) is 0 Å². The fraction of sp³-hybridized carbons (Fsp3) is 0.409. The van der Waals surface area contributed by atoms with Gasteiger partial charge in [0.2, 0.25) is 0 Å². The van der Waals surface area contributed by atoms with E-state index in [-0.39, 0.29) is 23.2 Å². The van der Waals surface area contributed by atoms with Crippen molar-refractivity contribution in [1.29, 1.82) is 0 Å². The van der Waals surface area contributed by atoms with Crippen LogP contribution in [0, 0.1) is 12.8 Å². The zero-order chi connectivity index (χ0) is 20.0. The van der Waals surface area contributed by atoms with Crippen LogP contribution in [0.4, 0.5) is 0 Å². The molecule has 1 aromatic carbocycles. The maximum absolute atomic E-state index is 13.1. The third-order valence-corrected chi connectivity index (χ3v) is 5.77. The van der Waals surface area contributed by atoms with Crippen molar-refractivity contribution < 1.29 is 19.1 Å². The van der Waals surface area contributed by atoms with E-state index in [0.29, 0.717) is 37.2 Å². The lowest BCUT2D eigenvalue weighted by Crippen LogP contribution is -2.50. The van der Waals surface area contributed by atoms with Crippen LogP contribution < -0.4 is 5.32 Å². The molecule has 2 heterocycles. The molecule has 0 saturated carbocycles. The number of nitrogens with zero attached hydrogens (tertiary/aromatic N) is 1. The predicted octanol–water partition coefficient (Wildman–Crippen LogP) is 2.20. The Labute approximate surface area is 164 Å². The highest BCUT2D eigenvalue weighted by Crippen LogP contribution is 2.47. The van der Waals surface area contributed by atoms with Crippen LogP contribution in [-0.4, -0.2) is 42.8 Å². The summed E-state index contributed by atoms with van der Waals surface area (Å²) in [5.74, 6) is -1.19. The zero-order valence-electron chi connectivity index (χ0n) is 16.4. The maximum atomic E-state index is 13.1. The van der Waals surface area contributed by atoms with Crippen LogP contribution >= 0.6 is 0 Å². The summed E-state index contributed by atoms with van der Waals surface area (Å²) in [5, 5.41) is 2.84. The second-order valence-electron chi connectivity index (χ2n) is 7.80. The van der Waals surface area contributed by atoms with Crippen LogP contribution in [0.15, 0.2) is 46.8 Å². The van der Waals surface area contributed by atoms with Crippen LogP contribution in [0.25, 0.3) is 0 Å². The number of carbonyl (C=O) groups excluding carboxylic acids is 3. The predicted molar refractivity (Wildman–Crippen MR) is 103 cm³/mol. The van der Waals surface area contributed by atoms with Crippen molar-refractivity contribution in [2.75, 3.05) is 20.2 Å². The molecule has 1 fully saturated rings. The summed E-state index contributed by atoms with van der Waals surface area (Å²) in [6.07, 6.45) is 1.17. The fourth-order valence-corrected chi connectivity index (χ4v) is 4.52.